The van der Waals surface area contributed by atoms with Crippen LogP contribution in [0.25, 0.3) is 0 Å². The number of aliphatic hydroxyl groups is 2. The van der Waals surface area contributed by atoms with Gasteiger partial charge >= 0.3 is 11.9 Å². The van der Waals surface area contributed by atoms with Gasteiger partial charge < -0.3 is 19.7 Å². The van der Waals surface area contributed by atoms with Crippen molar-refractivity contribution in [3.05, 3.63) is 0 Å². The van der Waals surface area contributed by atoms with Crippen LogP contribution in [0.1, 0.15) is 46.5 Å². The average Bonchev–Trinajstić information content (AvgIpc) is 3.00. The van der Waals surface area contributed by atoms with Crippen molar-refractivity contribution in [3.8, 4) is 0 Å². The van der Waals surface area contributed by atoms with Crippen LogP contribution in [-0.4, -0.2) is 46.6 Å². The first-order valence-corrected chi connectivity index (χ1v) is 6.93. The molecule has 3 unspecified atom stereocenters. The van der Waals surface area contributed by atoms with Gasteiger partial charge in [-0.2, -0.15) is 0 Å². The molecule has 1 saturated carbocycles. The molecule has 0 amide bonds. The van der Waals surface area contributed by atoms with Crippen molar-refractivity contribution in [2.45, 2.75) is 64.3 Å². The van der Waals surface area contributed by atoms with Crippen molar-refractivity contribution in [2.75, 3.05) is 6.61 Å². The van der Waals surface area contributed by atoms with Crippen molar-refractivity contribution in [1.29, 1.82) is 0 Å². The van der Waals surface area contributed by atoms with Crippen LogP contribution in [0.15, 0.2) is 0 Å². The molecule has 20 heavy (non-hydrogen) atoms. The normalized spacial score (nSPS) is 20.6. The summed E-state index contributed by atoms with van der Waals surface area (Å²) in [5.41, 5.74) is -0.779. The number of carbonyl (C=O) groups excluding carboxylic acids is 2. The third-order valence-electron chi connectivity index (χ3n) is 3.46. The molecular formula is C14H24O6. The first kappa shape index (κ1) is 16.9. The zero-order chi connectivity index (χ0) is 15.3. The summed E-state index contributed by atoms with van der Waals surface area (Å²) in [6.07, 6.45) is 0.834. The molecular weight excluding hydrogens is 264 g/mol. The smallest absolute Gasteiger partial charge is 0.302 e. The molecule has 1 rings (SSSR count). The van der Waals surface area contributed by atoms with Crippen LogP contribution in [0.2, 0.25) is 0 Å². The molecule has 1 fully saturated rings. The minimum absolute atomic E-state index is 0.0538. The molecule has 0 radical (unpaired) electrons. The summed E-state index contributed by atoms with van der Waals surface area (Å²) in [6, 6.07) is 0. The summed E-state index contributed by atoms with van der Waals surface area (Å²) < 4.78 is 9.98. The van der Waals surface area contributed by atoms with Crippen LogP contribution >= 0.6 is 0 Å². The van der Waals surface area contributed by atoms with Crippen LogP contribution in [0, 0.1) is 5.92 Å². The summed E-state index contributed by atoms with van der Waals surface area (Å²) in [6.45, 7) is 4.40. The van der Waals surface area contributed by atoms with Gasteiger partial charge in [0.15, 0.2) is 0 Å². The third-order valence-corrected chi connectivity index (χ3v) is 3.46. The van der Waals surface area contributed by atoms with Gasteiger partial charge in [-0.1, -0.05) is 0 Å². The van der Waals surface area contributed by atoms with Gasteiger partial charge in [0.25, 0.3) is 0 Å². The van der Waals surface area contributed by atoms with E-state index in [1.54, 1.807) is 6.92 Å². The number of aliphatic hydroxyl groups excluding tert-OH is 1. The second-order valence-corrected chi connectivity index (χ2v) is 5.71. The van der Waals surface area contributed by atoms with E-state index >= 15 is 0 Å². The van der Waals surface area contributed by atoms with E-state index in [1.165, 1.54) is 13.8 Å². The predicted molar refractivity (Wildman–Crippen MR) is 70.8 cm³/mol. The highest BCUT2D eigenvalue weighted by atomic mass is 16.5. The lowest BCUT2D eigenvalue weighted by Gasteiger charge is -2.26. The van der Waals surface area contributed by atoms with Crippen LogP contribution in [0.3, 0.4) is 0 Å². The molecule has 0 bridgehead atoms. The Morgan fingerprint density at radius 2 is 1.85 bits per heavy atom. The minimum atomic E-state index is -0.792. The van der Waals surface area contributed by atoms with E-state index < -0.39 is 17.7 Å². The van der Waals surface area contributed by atoms with E-state index in [4.69, 9.17) is 9.47 Å². The predicted octanol–water partition coefficient (Wildman–Crippen LogP) is 0.783. The lowest BCUT2D eigenvalue weighted by atomic mass is 9.92. The summed E-state index contributed by atoms with van der Waals surface area (Å²) in [7, 11) is 0. The van der Waals surface area contributed by atoms with Gasteiger partial charge in [-0.25, -0.2) is 0 Å². The molecule has 0 saturated heterocycles. The van der Waals surface area contributed by atoms with Crippen LogP contribution in [0.5, 0.6) is 0 Å². The Morgan fingerprint density at radius 1 is 1.25 bits per heavy atom. The van der Waals surface area contributed by atoms with E-state index in [0.717, 1.165) is 0 Å². The van der Waals surface area contributed by atoms with Gasteiger partial charge in [-0.15, -0.1) is 0 Å². The van der Waals surface area contributed by atoms with Gasteiger partial charge in [0.1, 0.15) is 0 Å². The van der Waals surface area contributed by atoms with Gasteiger partial charge in [-0.05, 0) is 26.2 Å². The molecule has 0 aliphatic heterocycles. The van der Waals surface area contributed by atoms with Crippen molar-refractivity contribution in [1.82, 2.24) is 0 Å². The van der Waals surface area contributed by atoms with E-state index in [9.17, 15) is 19.8 Å². The Morgan fingerprint density at radius 3 is 2.30 bits per heavy atom. The molecule has 0 aromatic carbocycles. The number of hydrogen-bond acceptors (Lipinski definition) is 6. The Hall–Kier alpha value is -1.14. The Labute approximate surface area is 119 Å². The average molecular weight is 288 g/mol. The van der Waals surface area contributed by atoms with E-state index in [1.807, 2.05) is 0 Å². The zero-order valence-electron chi connectivity index (χ0n) is 12.3. The molecule has 116 valence electrons. The minimum Gasteiger partial charge on any atom is -0.465 e. The lowest BCUT2D eigenvalue weighted by Crippen LogP contribution is -2.33. The monoisotopic (exact) mass is 288 g/mol. The third kappa shape index (κ3) is 6.34. The summed E-state index contributed by atoms with van der Waals surface area (Å²) >= 11 is 0. The van der Waals surface area contributed by atoms with E-state index in [0.29, 0.717) is 19.3 Å². The Kier molecular flexibility index (Phi) is 5.95. The quantitative estimate of drug-likeness (QED) is 0.641. The molecule has 6 nitrogen and oxygen atoms in total. The summed E-state index contributed by atoms with van der Waals surface area (Å²) in [5.74, 6) is -1.18. The Balaban J connectivity index is 2.53. The molecule has 0 aromatic heterocycles. The van der Waals surface area contributed by atoms with Crippen LogP contribution < -0.4 is 0 Å². The number of esters is 2. The molecule has 6 heteroatoms. The maximum Gasteiger partial charge on any atom is 0.302 e. The maximum absolute atomic E-state index is 10.9. The highest BCUT2D eigenvalue weighted by Crippen LogP contribution is 2.40. The molecule has 2 N–H and O–H groups in total. The number of rotatable bonds is 8. The molecule has 1 aliphatic rings. The van der Waals surface area contributed by atoms with Gasteiger partial charge in [0.05, 0.1) is 24.4 Å². The summed E-state index contributed by atoms with van der Waals surface area (Å²) in [4.78, 5) is 21.8. The first-order valence-electron chi connectivity index (χ1n) is 6.93. The number of hydrogen-bond donors (Lipinski definition) is 2. The topological polar surface area (TPSA) is 93.1 Å². The fraction of sp³-hybridized carbons (Fsp3) is 0.857. The lowest BCUT2D eigenvalue weighted by molar-refractivity contribution is -0.150. The van der Waals surface area contributed by atoms with Gasteiger partial charge in [0.2, 0.25) is 0 Å². The molecule has 0 aromatic rings. The molecule has 3 atom stereocenters. The van der Waals surface area contributed by atoms with Crippen LogP contribution in [-0.2, 0) is 19.1 Å². The van der Waals surface area contributed by atoms with Crippen molar-refractivity contribution in [2.24, 2.45) is 5.92 Å². The van der Waals surface area contributed by atoms with Crippen molar-refractivity contribution < 1.29 is 29.3 Å². The SMILES string of the molecule is CC(=O)OCC(CC(C)OC(C)=O)C(O)CC1(O)CC1. The fourth-order valence-electron chi connectivity index (χ4n) is 2.22. The first-order chi connectivity index (χ1) is 9.22. The summed E-state index contributed by atoms with van der Waals surface area (Å²) in [5, 5.41) is 20.0. The van der Waals surface area contributed by atoms with Crippen molar-refractivity contribution >= 4 is 11.9 Å². The highest BCUT2D eigenvalue weighted by molar-refractivity contribution is 5.66. The largest absolute Gasteiger partial charge is 0.465 e. The number of ether oxygens (including phenoxy) is 2. The zero-order valence-corrected chi connectivity index (χ0v) is 12.3. The van der Waals surface area contributed by atoms with Crippen molar-refractivity contribution in [3.63, 3.8) is 0 Å². The molecule has 0 spiro atoms. The van der Waals surface area contributed by atoms with Crippen LogP contribution in [0.4, 0.5) is 0 Å². The fourth-order valence-corrected chi connectivity index (χ4v) is 2.22. The van der Waals surface area contributed by atoms with Gasteiger partial charge in [-0.3, -0.25) is 9.59 Å². The van der Waals surface area contributed by atoms with E-state index in [2.05, 4.69) is 0 Å². The highest BCUT2D eigenvalue weighted by Gasteiger charge is 2.43. The standard InChI is InChI=1S/C14H24O6/c1-9(20-11(3)16)6-12(8-19-10(2)15)13(17)7-14(18)4-5-14/h9,12-13,17-18H,4-8H2,1-3H3. The molecule has 1 aliphatic carbocycles. The second kappa shape index (κ2) is 7.04. The van der Waals surface area contributed by atoms with E-state index in [-0.39, 0.29) is 31.0 Å². The maximum atomic E-state index is 10.9. The number of carbonyl (C=O) groups is 2. The Bertz CT molecular complexity index is 350. The molecule has 0 heterocycles. The van der Waals surface area contributed by atoms with Gasteiger partial charge in [0, 0.05) is 26.2 Å². The second-order valence-electron chi connectivity index (χ2n) is 5.71.